The van der Waals surface area contributed by atoms with E-state index in [0.29, 0.717) is 102 Å². The third kappa shape index (κ3) is 12.8. The van der Waals surface area contributed by atoms with Crippen molar-refractivity contribution in [3.8, 4) is 5.69 Å². The summed E-state index contributed by atoms with van der Waals surface area (Å²) in [6.45, 7) is 21.1. The predicted octanol–water partition coefficient (Wildman–Crippen LogP) is 4.71. The molecule has 2 aliphatic rings. The summed E-state index contributed by atoms with van der Waals surface area (Å²) in [6, 6.07) is 5.76. The summed E-state index contributed by atoms with van der Waals surface area (Å²) in [5.41, 5.74) is 9.15. The number of Topliss-reactive ketones (excluding diaryl/α,β-unsaturated/α-hetero) is 1. The van der Waals surface area contributed by atoms with E-state index in [1.165, 1.54) is 5.06 Å². The minimum atomic E-state index is -0.519. The second kappa shape index (κ2) is 20.3. The third-order valence-electron chi connectivity index (χ3n) is 10.0. The average Bonchev–Trinajstić information content (AvgIpc) is 3.42. The van der Waals surface area contributed by atoms with E-state index in [0.717, 1.165) is 55.7 Å². The molecule has 1 aromatic heterocycles. The zero-order valence-electron chi connectivity index (χ0n) is 33.8. The van der Waals surface area contributed by atoms with Crippen molar-refractivity contribution in [1.29, 1.82) is 0 Å². The van der Waals surface area contributed by atoms with Crippen molar-refractivity contribution in [2.45, 2.75) is 104 Å². The van der Waals surface area contributed by atoms with Gasteiger partial charge in [-0.15, -0.1) is 0 Å². The molecule has 0 saturated carbocycles. The van der Waals surface area contributed by atoms with Crippen molar-refractivity contribution >= 4 is 17.4 Å². The average molecular weight is 759 g/mol. The van der Waals surface area contributed by atoms with Gasteiger partial charge >= 0.3 is 0 Å². The molecule has 14 nitrogen and oxygen atoms in total. The fourth-order valence-electron chi connectivity index (χ4n) is 7.65. The van der Waals surface area contributed by atoms with Crippen LogP contribution in [0.5, 0.6) is 0 Å². The number of anilines is 1. The number of nitrogens with one attached hydrogen (secondary N) is 2. The monoisotopic (exact) mass is 758 g/mol. The molecular formula is C40H66N6O8. The van der Waals surface area contributed by atoms with Crippen LogP contribution in [0.2, 0.25) is 0 Å². The van der Waals surface area contributed by atoms with Gasteiger partial charge in [0, 0.05) is 49.0 Å². The SMILES string of the molecule is Cc1nn(-c2ccc(C(N)=O)c(NCCCOCCOCCOCCOCCOCCCNC3CC(C)(C)N(O)C(C)(C)C3)c2)c2c1C(=O)CC(C)(C)C2. The number of aryl methyl sites for hydroxylation is 1. The number of aromatic nitrogens is 2. The summed E-state index contributed by atoms with van der Waals surface area (Å²) in [5.74, 6) is -0.397. The summed E-state index contributed by atoms with van der Waals surface area (Å²) in [6.07, 6.45) is 4.70. The predicted molar refractivity (Wildman–Crippen MR) is 208 cm³/mol. The van der Waals surface area contributed by atoms with Crippen LogP contribution in [0, 0.1) is 12.3 Å². The fourth-order valence-corrected chi connectivity index (χ4v) is 7.65. The molecule has 1 saturated heterocycles. The van der Waals surface area contributed by atoms with Crippen LogP contribution in [0.15, 0.2) is 18.2 Å². The zero-order chi connectivity index (χ0) is 39.4. The number of piperidine rings is 1. The Morgan fingerprint density at radius 2 is 1.35 bits per heavy atom. The van der Waals surface area contributed by atoms with Crippen molar-refractivity contribution in [1.82, 2.24) is 20.2 Å². The number of carbonyl (C=O) groups excluding carboxylic acids is 2. The summed E-state index contributed by atoms with van der Waals surface area (Å²) in [7, 11) is 0. The normalized spacial score (nSPS) is 18.2. The summed E-state index contributed by atoms with van der Waals surface area (Å²) in [5, 5.41) is 23.6. The molecule has 0 atom stereocenters. The smallest absolute Gasteiger partial charge is 0.250 e. The van der Waals surface area contributed by atoms with Crippen LogP contribution in [0.4, 0.5) is 5.69 Å². The zero-order valence-corrected chi connectivity index (χ0v) is 33.8. The summed E-state index contributed by atoms with van der Waals surface area (Å²) < 4.78 is 30.0. The second-order valence-electron chi connectivity index (χ2n) is 16.5. The number of fused-ring (bicyclic) bond motifs is 1. The van der Waals surface area contributed by atoms with E-state index >= 15 is 0 Å². The standard InChI is InChI=1S/C40H66N6O8/c1-29-36-34(27-38(2,3)28-35(36)47)45(44-29)31-10-11-32(37(41)48)33(24-31)43-13-9-15-51-17-19-53-21-23-54-22-20-52-18-16-50-14-8-12-42-30-25-39(4,5)46(49)40(6,7)26-30/h10-11,24,30,42-43,49H,8-9,12-23,25-28H2,1-7H3,(H2,41,48). The molecule has 14 heteroatoms. The van der Waals surface area contributed by atoms with Crippen LogP contribution in [0.25, 0.3) is 5.69 Å². The highest BCUT2D eigenvalue weighted by molar-refractivity contribution is 6.00. The lowest BCUT2D eigenvalue weighted by Crippen LogP contribution is -2.62. The minimum absolute atomic E-state index is 0.122. The van der Waals surface area contributed by atoms with Crippen LogP contribution in [-0.2, 0) is 30.1 Å². The van der Waals surface area contributed by atoms with Crippen LogP contribution in [0.3, 0.4) is 0 Å². The van der Waals surface area contributed by atoms with Gasteiger partial charge in [0.1, 0.15) is 0 Å². The number of nitrogens with zero attached hydrogens (tertiary/aromatic N) is 3. The van der Waals surface area contributed by atoms with Gasteiger partial charge in [-0.2, -0.15) is 10.2 Å². The second-order valence-corrected chi connectivity index (χ2v) is 16.5. The summed E-state index contributed by atoms with van der Waals surface area (Å²) in [4.78, 5) is 25.0. The first-order valence-electron chi connectivity index (χ1n) is 19.5. The Hall–Kier alpha value is -2.95. The fraction of sp³-hybridized carbons (Fsp3) is 0.725. The molecule has 304 valence electrons. The minimum Gasteiger partial charge on any atom is -0.384 e. The number of ether oxygens (including phenoxy) is 5. The number of primary amides is 1. The van der Waals surface area contributed by atoms with Crippen molar-refractivity contribution in [3.63, 3.8) is 0 Å². The highest BCUT2D eigenvalue weighted by Gasteiger charge is 2.44. The molecule has 2 heterocycles. The molecule has 1 fully saturated rings. The Kier molecular flexibility index (Phi) is 16.4. The number of hydrogen-bond donors (Lipinski definition) is 4. The Balaban J connectivity index is 0.975. The van der Waals surface area contributed by atoms with Crippen LogP contribution in [0.1, 0.15) is 106 Å². The van der Waals surface area contributed by atoms with Crippen molar-refractivity contribution in [2.75, 3.05) is 84.5 Å². The summed E-state index contributed by atoms with van der Waals surface area (Å²) >= 11 is 0. The molecule has 5 N–H and O–H groups in total. The van der Waals surface area contributed by atoms with Crippen LogP contribution < -0.4 is 16.4 Å². The number of carbonyl (C=O) groups is 2. The maximum Gasteiger partial charge on any atom is 0.250 e. The van der Waals surface area contributed by atoms with Crippen LogP contribution >= 0.6 is 0 Å². The van der Waals surface area contributed by atoms with E-state index < -0.39 is 5.91 Å². The van der Waals surface area contributed by atoms with Gasteiger partial charge in [-0.1, -0.05) is 13.8 Å². The van der Waals surface area contributed by atoms with E-state index in [-0.39, 0.29) is 22.3 Å². The molecule has 54 heavy (non-hydrogen) atoms. The number of hydrogen-bond acceptors (Lipinski definition) is 12. The highest BCUT2D eigenvalue weighted by atomic mass is 16.6. The van der Waals surface area contributed by atoms with Gasteiger partial charge in [0.15, 0.2) is 5.78 Å². The molecule has 0 unspecified atom stereocenters. The molecule has 1 aliphatic heterocycles. The van der Waals surface area contributed by atoms with E-state index in [2.05, 4.69) is 52.2 Å². The Labute approximate surface area is 321 Å². The molecule has 0 bridgehead atoms. The molecule has 4 rings (SSSR count). The Morgan fingerprint density at radius 1 is 0.833 bits per heavy atom. The number of hydroxylamine groups is 2. The topological polar surface area (TPSA) is 172 Å². The Bertz CT molecular complexity index is 1490. The quantitative estimate of drug-likeness (QED) is 0.109. The lowest BCUT2D eigenvalue weighted by Gasteiger charge is -2.51. The van der Waals surface area contributed by atoms with Gasteiger partial charge in [0.25, 0.3) is 5.91 Å². The van der Waals surface area contributed by atoms with Crippen molar-refractivity contribution < 1.29 is 38.5 Å². The van der Waals surface area contributed by atoms with Gasteiger partial charge < -0.3 is 45.3 Å². The van der Waals surface area contributed by atoms with Crippen molar-refractivity contribution in [3.05, 3.63) is 40.7 Å². The lowest BCUT2D eigenvalue weighted by molar-refractivity contribution is -0.246. The van der Waals surface area contributed by atoms with Gasteiger partial charge in [-0.05, 0) is 96.9 Å². The number of amides is 1. The number of nitrogens with two attached hydrogens (primary N) is 1. The Morgan fingerprint density at radius 3 is 1.89 bits per heavy atom. The molecule has 2 aromatic rings. The van der Waals surface area contributed by atoms with Crippen LogP contribution in [-0.4, -0.2) is 128 Å². The maximum absolute atomic E-state index is 12.9. The van der Waals surface area contributed by atoms with E-state index in [1.54, 1.807) is 6.07 Å². The van der Waals surface area contributed by atoms with Gasteiger partial charge in [0.05, 0.1) is 81.1 Å². The first kappa shape index (κ1) is 43.8. The number of rotatable bonds is 24. The van der Waals surface area contributed by atoms with E-state index in [9.17, 15) is 14.8 Å². The van der Waals surface area contributed by atoms with Gasteiger partial charge in [0.2, 0.25) is 0 Å². The van der Waals surface area contributed by atoms with E-state index in [4.69, 9.17) is 34.5 Å². The molecular weight excluding hydrogens is 692 g/mol. The van der Waals surface area contributed by atoms with Crippen molar-refractivity contribution in [2.24, 2.45) is 11.1 Å². The largest absolute Gasteiger partial charge is 0.384 e. The lowest BCUT2D eigenvalue weighted by atomic mass is 9.75. The molecule has 0 spiro atoms. The molecule has 1 aromatic carbocycles. The van der Waals surface area contributed by atoms with Gasteiger partial charge in [-0.3, -0.25) is 9.59 Å². The molecule has 1 aliphatic carbocycles. The highest BCUT2D eigenvalue weighted by Crippen LogP contribution is 2.38. The van der Waals surface area contributed by atoms with E-state index in [1.807, 2.05) is 23.7 Å². The maximum atomic E-state index is 12.9. The number of ketones is 1. The molecule has 1 amide bonds. The first-order chi connectivity index (χ1) is 25.6. The number of benzene rings is 1. The molecule has 0 radical (unpaired) electrons. The first-order valence-corrected chi connectivity index (χ1v) is 19.5. The van der Waals surface area contributed by atoms with Gasteiger partial charge in [-0.25, -0.2) is 4.68 Å². The third-order valence-corrected chi connectivity index (χ3v) is 10.0.